The van der Waals surface area contributed by atoms with Crippen molar-refractivity contribution in [2.45, 2.75) is 38.9 Å². The summed E-state index contributed by atoms with van der Waals surface area (Å²) in [6.45, 7) is 12.4. The van der Waals surface area contributed by atoms with Crippen molar-refractivity contribution >= 4 is 35.6 Å². The molecule has 0 bridgehead atoms. The first-order chi connectivity index (χ1) is 7.72. The van der Waals surface area contributed by atoms with Crippen LogP contribution in [-0.4, -0.2) is 26.5 Å². The standard InChI is InChI=1S/C11H20BrNO2SSi/c1-11(2,3)17(4,5)15-7-6-14-10-13-8-9(12)16-10/h8H,6-7H2,1-5H3. The van der Waals surface area contributed by atoms with Crippen LogP contribution in [0.25, 0.3) is 0 Å². The third kappa shape index (κ3) is 4.69. The van der Waals surface area contributed by atoms with Gasteiger partial charge in [0.1, 0.15) is 6.61 Å². The van der Waals surface area contributed by atoms with Gasteiger partial charge in [0.05, 0.1) is 16.6 Å². The average molecular weight is 338 g/mol. The zero-order valence-corrected chi connectivity index (χ0v) is 14.4. The van der Waals surface area contributed by atoms with Gasteiger partial charge in [-0.25, -0.2) is 4.98 Å². The lowest BCUT2D eigenvalue weighted by atomic mass is 10.2. The van der Waals surface area contributed by atoms with Gasteiger partial charge < -0.3 is 9.16 Å². The summed E-state index contributed by atoms with van der Waals surface area (Å²) in [5.41, 5.74) is 0. The Morgan fingerprint density at radius 3 is 2.47 bits per heavy atom. The second-order valence-corrected chi connectivity index (χ2v) is 12.6. The molecule has 3 nitrogen and oxygen atoms in total. The normalized spacial score (nSPS) is 12.8. The van der Waals surface area contributed by atoms with Crippen LogP contribution in [0.5, 0.6) is 5.19 Å². The predicted octanol–water partition coefficient (Wildman–Crippen LogP) is 4.31. The van der Waals surface area contributed by atoms with Crippen molar-refractivity contribution in [3.63, 3.8) is 0 Å². The van der Waals surface area contributed by atoms with Gasteiger partial charge >= 0.3 is 0 Å². The van der Waals surface area contributed by atoms with Crippen molar-refractivity contribution in [2.75, 3.05) is 13.2 Å². The monoisotopic (exact) mass is 337 g/mol. The Kier molecular flexibility index (Phi) is 5.18. The summed E-state index contributed by atoms with van der Waals surface area (Å²) in [4.78, 5) is 4.10. The largest absolute Gasteiger partial charge is 0.468 e. The Morgan fingerprint density at radius 1 is 1.35 bits per heavy atom. The van der Waals surface area contributed by atoms with Gasteiger partial charge in [-0.15, -0.1) is 0 Å². The minimum atomic E-state index is -1.64. The van der Waals surface area contributed by atoms with Crippen LogP contribution < -0.4 is 4.74 Å². The molecule has 0 N–H and O–H groups in total. The number of hydrogen-bond acceptors (Lipinski definition) is 4. The Labute approximate surface area is 117 Å². The van der Waals surface area contributed by atoms with Crippen LogP contribution >= 0.6 is 27.3 Å². The third-order valence-corrected chi connectivity index (χ3v) is 8.96. The molecule has 0 fully saturated rings. The van der Waals surface area contributed by atoms with E-state index in [-0.39, 0.29) is 5.04 Å². The zero-order valence-electron chi connectivity index (χ0n) is 11.0. The molecular formula is C11H20BrNO2SSi. The van der Waals surface area contributed by atoms with Gasteiger partial charge in [-0.2, -0.15) is 0 Å². The van der Waals surface area contributed by atoms with Gasteiger partial charge in [-0.3, -0.25) is 0 Å². The highest BCUT2D eigenvalue weighted by atomic mass is 79.9. The van der Waals surface area contributed by atoms with Crippen molar-refractivity contribution in [3.8, 4) is 5.19 Å². The minimum Gasteiger partial charge on any atom is -0.468 e. The molecule has 1 heterocycles. The van der Waals surface area contributed by atoms with E-state index >= 15 is 0 Å². The molecule has 0 aliphatic rings. The molecule has 0 unspecified atom stereocenters. The van der Waals surface area contributed by atoms with E-state index in [0.717, 1.165) is 3.79 Å². The number of rotatable bonds is 5. The molecule has 6 heteroatoms. The van der Waals surface area contributed by atoms with Crippen molar-refractivity contribution in [1.82, 2.24) is 4.98 Å². The van der Waals surface area contributed by atoms with Gasteiger partial charge in [0, 0.05) is 0 Å². The third-order valence-electron chi connectivity index (χ3n) is 3.03. The molecule has 0 amide bonds. The molecule has 0 aromatic carbocycles. The summed E-state index contributed by atoms with van der Waals surface area (Å²) in [6.07, 6.45) is 1.74. The van der Waals surface area contributed by atoms with Gasteiger partial charge in [-0.1, -0.05) is 32.1 Å². The fourth-order valence-corrected chi connectivity index (χ4v) is 3.01. The van der Waals surface area contributed by atoms with E-state index in [0.29, 0.717) is 18.4 Å². The van der Waals surface area contributed by atoms with Crippen LogP contribution in [0, 0.1) is 0 Å². The van der Waals surface area contributed by atoms with Gasteiger partial charge in [0.15, 0.2) is 8.32 Å². The molecule has 0 radical (unpaired) electrons. The van der Waals surface area contributed by atoms with E-state index < -0.39 is 8.32 Å². The smallest absolute Gasteiger partial charge is 0.274 e. The second kappa shape index (κ2) is 5.82. The van der Waals surface area contributed by atoms with Crippen molar-refractivity contribution in [2.24, 2.45) is 0 Å². The predicted molar refractivity (Wildman–Crippen MR) is 78.5 cm³/mol. The fourth-order valence-electron chi connectivity index (χ4n) is 0.949. The molecule has 1 aromatic heterocycles. The van der Waals surface area contributed by atoms with E-state index in [1.807, 2.05) is 0 Å². The van der Waals surface area contributed by atoms with Crippen LogP contribution in [0.2, 0.25) is 18.1 Å². The van der Waals surface area contributed by atoms with Gasteiger partial charge in [0.2, 0.25) is 0 Å². The summed E-state index contributed by atoms with van der Waals surface area (Å²) < 4.78 is 12.5. The van der Waals surface area contributed by atoms with Crippen LogP contribution in [0.15, 0.2) is 9.98 Å². The van der Waals surface area contributed by atoms with Crippen LogP contribution in [0.3, 0.4) is 0 Å². The zero-order chi connectivity index (χ0) is 13.1. The van der Waals surface area contributed by atoms with E-state index in [1.165, 1.54) is 11.3 Å². The van der Waals surface area contributed by atoms with Crippen molar-refractivity contribution in [1.29, 1.82) is 0 Å². The summed E-state index contributed by atoms with van der Waals surface area (Å²) in [5, 5.41) is 0.938. The molecule has 0 atom stereocenters. The highest BCUT2D eigenvalue weighted by Gasteiger charge is 2.36. The Morgan fingerprint density at radius 2 is 2.00 bits per heavy atom. The molecule has 98 valence electrons. The van der Waals surface area contributed by atoms with Crippen LogP contribution in [-0.2, 0) is 4.43 Å². The average Bonchev–Trinajstić information content (AvgIpc) is 2.57. The summed E-state index contributed by atoms with van der Waals surface area (Å²) in [6, 6.07) is 0. The van der Waals surface area contributed by atoms with Crippen LogP contribution in [0.4, 0.5) is 0 Å². The molecule has 17 heavy (non-hydrogen) atoms. The number of halogens is 1. The topological polar surface area (TPSA) is 31.4 Å². The SMILES string of the molecule is CC(C)(C)[Si](C)(C)OCCOc1ncc(Br)s1. The molecule has 0 saturated heterocycles. The second-order valence-electron chi connectivity index (χ2n) is 5.39. The number of hydrogen-bond donors (Lipinski definition) is 0. The molecule has 0 spiro atoms. The Hall–Kier alpha value is 0.0869. The first-order valence-electron chi connectivity index (χ1n) is 5.60. The molecule has 1 rings (SSSR count). The maximum atomic E-state index is 6.00. The lowest BCUT2D eigenvalue weighted by Crippen LogP contribution is -2.41. The van der Waals surface area contributed by atoms with Crippen LogP contribution in [0.1, 0.15) is 20.8 Å². The first-order valence-corrected chi connectivity index (χ1v) is 10.1. The molecular weight excluding hydrogens is 318 g/mol. The molecule has 0 aliphatic carbocycles. The van der Waals surface area contributed by atoms with Gasteiger partial charge in [0.25, 0.3) is 5.19 Å². The maximum absolute atomic E-state index is 6.00. The van der Waals surface area contributed by atoms with E-state index in [1.54, 1.807) is 6.20 Å². The molecule has 1 aromatic rings. The highest BCUT2D eigenvalue weighted by Crippen LogP contribution is 2.36. The minimum absolute atomic E-state index is 0.247. The highest BCUT2D eigenvalue weighted by molar-refractivity contribution is 9.11. The first kappa shape index (κ1) is 15.1. The lowest BCUT2D eigenvalue weighted by molar-refractivity contribution is 0.203. The number of thiazole rings is 1. The number of nitrogens with zero attached hydrogens (tertiary/aromatic N) is 1. The number of aromatic nitrogens is 1. The summed E-state index contributed by atoms with van der Waals surface area (Å²) >= 11 is 4.84. The van der Waals surface area contributed by atoms with Gasteiger partial charge in [-0.05, 0) is 34.1 Å². The quantitative estimate of drug-likeness (QED) is 0.592. The maximum Gasteiger partial charge on any atom is 0.274 e. The summed E-state index contributed by atoms with van der Waals surface area (Å²) in [7, 11) is -1.64. The van der Waals surface area contributed by atoms with Crippen molar-refractivity contribution < 1.29 is 9.16 Å². The number of ether oxygens (including phenoxy) is 1. The molecule has 0 saturated carbocycles. The fraction of sp³-hybridized carbons (Fsp3) is 0.727. The van der Waals surface area contributed by atoms with E-state index in [4.69, 9.17) is 9.16 Å². The Bertz CT molecular complexity index is 363. The summed E-state index contributed by atoms with van der Waals surface area (Å²) in [5.74, 6) is 0. The van der Waals surface area contributed by atoms with E-state index in [9.17, 15) is 0 Å². The lowest BCUT2D eigenvalue weighted by Gasteiger charge is -2.36. The van der Waals surface area contributed by atoms with E-state index in [2.05, 4.69) is 54.8 Å². The Balaban J connectivity index is 2.29. The molecule has 0 aliphatic heterocycles. The van der Waals surface area contributed by atoms with Crippen molar-refractivity contribution in [3.05, 3.63) is 9.98 Å².